The molecule has 6 nitrogen and oxygen atoms in total. The average Bonchev–Trinajstić information content (AvgIpc) is 2.88. The van der Waals surface area contributed by atoms with Crippen molar-refractivity contribution >= 4 is 13.6 Å². The lowest BCUT2D eigenvalue weighted by molar-refractivity contribution is -0.122. The molecule has 4 N–H and O–H groups in total. The third-order valence-electron chi connectivity index (χ3n) is 4.80. The zero-order valence-corrected chi connectivity index (χ0v) is 14.3. The molecular formula is C15H31BN2O4. The molecule has 7 heteroatoms. The van der Waals surface area contributed by atoms with Crippen molar-refractivity contribution < 1.29 is 19.2 Å². The normalized spacial score (nSPS) is 29.0. The van der Waals surface area contributed by atoms with Crippen molar-refractivity contribution in [2.45, 2.75) is 83.0 Å². The molecule has 22 heavy (non-hydrogen) atoms. The highest BCUT2D eigenvalue weighted by molar-refractivity contribution is 6.45. The quantitative estimate of drug-likeness (QED) is 0.406. The summed E-state index contributed by atoms with van der Waals surface area (Å²) in [4.78, 5) is 8.36. The van der Waals surface area contributed by atoms with Gasteiger partial charge >= 0.3 is 7.12 Å². The van der Waals surface area contributed by atoms with Crippen molar-refractivity contribution in [1.82, 2.24) is 5.32 Å². The van der Waals surface area contributed by atoms with Gasteiger partial charge in [-0.05, 0) is 46.9 Å². The summed E-state index contributed by atoms with van der Waals surface area (Å²) in [6, 6.07) is 0.974. The number of hydrogen-bond donors (Lipinski definition) is 3. The van der Waals surface area contributed by atoms with Crippen LogP contribution in [0.1, 0.15) is 53.4 Å². The summed E-state index contributed by atoms with van der Waals surface area (Å²) >= 11 is 0. The Morgan fingerprint density at radius 3 is 2.27 bits per heavy atom. The molecule has 2 aliphatic rings. The molecule has 2 heterocycles. The number of nitrogens with two attached hydrogens (primary N) is 1. The van der Waals surface area contributed by atoms with Gasteiger partial charge in [-0.1, -0.05) is 12.8 Å². The van der Waals surface area contributed by atoms with Gasteiger partial charge in [0.1, 0.15) is 0 Å². The molecule has 2 fully saturated rings. The summed E-state index contributed by atoms with van der Waals surface area (Å²) in [5.74, 6) is 0. The fourth-order valence-electron chi connectivity index (χ4n) is 2.85. The number of rotatable bonds is 5. The predicted octanol–water partition coefficient (Wildman–Crippen LogP) is 1.64. The van der Waals surface area contributed by atoms with Gasteiger partial charge in [-0.2, -0.15) is 0 Å². The van der Waals surface area contributed by atoms with E-state index in [1.54, 1.807) is 0 Å². The maximum Gasteiger partial charge on any atom is 0.457 e. The van der Waals surface area contributed by atoms with Crippen LogP contribution in [-0.2, 0) is 14.1 Å². The van der Waals surface area contributed by atoms with Gasteiger partial charge in [-0.25, -0.2) is 0 Å². The van der Waals surface area contributed by atoms with E-state index in [-0.39, 0.29) is 24.8 Å². The molecule has 2 atom stereocenters. The number of nitrogens with one attached hydrogen (secondary N) is 1. The molecule has 2 aliphatic heterocycles. The van der Waals surface area contributed by atoms with Crippen molar-refractivity contribution in [3.63, 3.8) is 0 Å². The Hall–Kier alpha value is -0.625. The summed E-state index contributed by atoms with van der Waals surface area (Å²) in [6.45, 7) is 9.16. The van der Waals surface area contributed by atoms with Crippen LogP contribution < -0.4 is 11.1 Å². The topological polar surface area (TPSA) is 93.8 Å². The Morgan fingerprint density at radius 2 is 1.82 bits per heavy atom. The third-order valence-corrected chi connectivity index (χ3v) is 4.80. The number of carbonyl (C=O) groups is 1. The van der Waals surface area contributed by atoms with Crippen molar-refractivity contribution in [3.8, 4) is 0 Å². The fourth-order valence-corrected chi connectivity index (χ4v) is 2.85. The molecule has 0 aromatic heterocycles. The highest BCUT2D eigenvalue weighted by atomic mass is 16.7. The predicted molar refractivity (Wildman–Crippen MR) is 87.8 cm³/mol. The van der Waals surface area contributed by atoms with E-state index in [0.717, 1.165) is 25.7 Å². The molecular weight excluding hydrogens is 283 g/mol. The van der Waals surface area contributed by atoms with Gasteiger partial charge in [0.2, 0.25) is 0 Å². The molecule has 2 saturated heterocycles. The molecule has 0 radical (unpaired) electrons. The Labute approximate surface area is 134 Å². The average molecular weight is 314 g/mol. The maximum absolute atomic E-state index is 8.36. The lowest BCUT2D eigenvalue weighted by Crippen LogP contribution is -2.41. The van der Waals surface area contributed by atoms with Crippen LogP contribution in [0.5, 0.6) is 0 Å². The minimum atomic E-state index is -0.250. The highest BCUT2D eigenvalue weighted by Crippen LogP contribution is 2.38. The first-order valence-electron chi connectivity index (χ1n) is 8.14. The van der Waals surface area contributed by atoms with E-state index in [1.165, 1.54) is 12.8 Å². The summed E-state index contributed by atoms with van der Waals surface area (Å²) < 4.78 is 12.0. The van der Waals surface area contributed by atoms with Crippen LogP contribution in [-0.4, -0.2) is 48.5 Å². The second-order valence-electron chi connectivity index (χ2n) is 7.18. The third kappa shape index (κ3) is 5.54. The minimum Gasteiger partial charge on any atom is -0.483 e. The van der Waals surface area contributed by atoms with E-state index in [0.29, 0.717) is 12.1 Å². The summed E-state index contributed by atoms with van der Waals surface area (Å²) in [7, 11) is -0.0382. The summed E-state index contributed by atoms with van der Waals surface area (Å²) in [5.41, 5.74) is 5.49. The van der Waals surface area contributed by atoms with Gasteiger partial charge in [-0.15, -0.1) is 0 Å². The molecule has 2 unspecified atom stereocenters. The van der Waals surface area contributed by atoms with Crippen LogP contribution in [0.3, 0.4) is 0 Å². The van der Waals surface area contributed by atoms with Crippen molar-refractivity contribution in [1.29, 1.82) is 0 Å². The second kappa shape index (κ2) is 8.29. The molecule has 128 valence electrons. The standard InChI is InChI=1S/C14H29BN2O2.CH2O2/c1-13(2)14(3,4)19-15(18-13)8-6-5-7-12-9-11(16)10-17-12;2-1-3/h11-12,17H,5-10,16H2,1-4H3;1H,(H,2,3). The summed E-state index contributed by atoms with van der Waals surface area (Å²) in [6.07, 6.45) is 5.70. The zero-order valence-electron chi connectivity index (χ0n) is 14.3. The highest BCUT2D eigenvalue weighted by Gasteiger charge is 2.50. The molecule has 2 rings (SSSR count). The van der Waals surface area contributed by atoms with Gasteiger partial charge in [0.25, 0.3) is 6.47 Å². The Balaban J connectivity index is 0.000000745. The first-order chi connectivity index (χ1) is 10.2. The molecule has 0 aromatic carbocycles. The monoisotopic (exact) mass is 314 g/mol. The van der Waals surface area contributed by atoms with E-state index in [1.807, 2.05) is 0 Å². The number of hydrogen-bond acceptors (Lipinski definition) is 5. The first-order valence-corrected chi connectivity index (χ1v) is 8.14. The molecule has 0 aliphatic carbocycles. The Kier molecular flexibility index (Phi) is 7.32. The van der Waals surface area contributed by atoms with E-state index in [4.69, 9.17) is 24.9 Å². The lowest BCUT2D eigenvalue weighted by atomic mass is 9.82. The second-order valence-corrected chi connectivity index (χ2v) is 7.18. The van der Waals surface area contributed by atoms with E-state index in [9.17, 15) is 0 Å². The van der Waals surface area contributed by atoms with Crippen LogP contribution in [0.2, 0.25) is 6.32 Å². The number of unbranched alkanes of at least 4 members (excludes halogenated alkanes) is 1. The van der Waals surface area contributed by atoms with E-state index < -0.39 is 0 Å². The molecule has 0 bridgehead atoms. The van der Waals surface area contributed by atoms with Gasteiger partial charge in [0.05, 0.1) is 11.2 Å². The van der Waals surface area contributed by atoms with E-state index in [2.05, 4.69) is 33.0 Å². The summed E-state index contributed by atoms with van der Waals surface area (Å²) in [5, 5.41) is 10.4. The van der Waals surface area contributed by atoms with Crippen LogP contribution in [0.25, 0.3) is 0 Å². The zero-order chi connectivity index (χ0) is 16.8. The van der Waals surface area contributed by atoms with Crippen LogP contribution in [0, 0.1) is 0 Å². The van der Waals surface area contributed by atoms with Gasteiger partial charge in [0, 0.05) is 18.6 Å². The minimum absolute atomic E-state index is 0.0382. The molecule has 0 spiro atoms. The first kappa shape index (κ1) is 19.4. The van der Waals surface area contributed by atoms with Crippen LogP contribution in [0.15, 0.2) is 0 Å². The van der Waals surface area contributed by atoms with Gasteiger partial charge < -0.3 is 25.5 Å². The van der Waals surface area contributed by atoms with Crippen LogP contribution >= 0.6 is 0 Å². The SMILES string of the molecule is CC1(C)OB(CCCCC2CC(N)CN2)OC1(C)C.O=CO. The van der Waals surface area contributed by atoms with Gasteiger partial charge in [0.15, 0.2) is 0 Å². The van der Waals surface area contributed by atoms with Gasteiger partial charge in [-0.3, -0.25) is 4.79 Å². The van der Waals surface area contributed by atoms with E-state index >= 15 is 0 Å². The van der Waals surface area contributed by atoms with Crippen molar-refractivity contribution in [3.05, 3.63) is 0 Å². The lowest BCUT2D eigenvalue weighted by Gasteiger charge is -2.32. The number of carboxylic acid groups (broad SMARTS) is 1. The van der Waals surface area contributed by atoms with Crippen molar-refractivity contribution in [2.75, 3.05) is 6.54 Å². The molecule has 0 amide bonds. The molecule has 0 aromatic rings. The Bertz CT molecular complexity index is 336. The smallest absolute Gasteiger partial charge is 0.457 e. The Morgan fingerprint density at radius 1 is 1.27 bits per heavy atom. The maximum atomic E-state index is 8.36. The molecule has 0 saturated carbocycles. The van der Waals surface area contributed by atoms with Crippen LogP contribution in [0.4, 0.5) is 0 Å². The fraction of sp³-hybridized carbons (Fsp3) is 0.933. The van der Waals surface area contributed by atoms with Crippen molar-refractivity contribution in [2.24, 2.45) is 5.73 Å². The largest absolute Gasteiger partial charge is 0.483 e.